The van der Waals surface area contributed by atoms with Gasteiger partial charge in [-0.1, -0.05) is 41.9 Å². The van der Waals surface area contributed by atoms with E-state index in [4.69, 9.17) is 11.6 Å². The molecule has 0 aliphatic rings. The van der Waals surface area contributed by atoms with Crippen LogP contribution < -0.4 is 5.32 Å². The van der Waals surface area contributed by atoms with Crippen molar-refractivity contribution in [2.75, 3.05) is 11.9 Å². The number of aromatic nitrogens is 2. The van der Waals surface area contributed by atoms with Gasteiger partial charge in [-0.25, -0.2) is 9.97 Å². The molecule has 1 unspecified atom stereocenters. The predicted octanol–water partition coefficient (Wildman–Crippen LogP) is 2.15. The highest BCUT2D eigenvalue weighted by molar-refractivity contribution is 6.31. The average molecular weight is 264 g/mol. The van der Waals surface area contributed by atoms with E-state index < -0.39 is 0 Å². The Morgan fingerprint density at radius 2 is 1.89 bits per heavy atom. The summed E-state index contributed by atoms with van der Waals surface area (Å²) < 4.78 is 0. The maximum absolute atomic E-state index is 9.39. The van der Waals surface area contributed by atoms with Gasteiger partial charge in [-0.3, -0.25) is 0 Å². The van der Waals surface area contributed by atoms with Crippen molar-refractivity contribution in [3.63, 3.8) is 0 Å². The SMILES string of the molecule is OCC(Cc1ccccc1)Nc1nccnc1Cl. The molecule has 94 valence electrons. The number of aliphatic hydroxyl groups is 1. The summed E-state index contributed by atoms with van der Waals surface area (Å²) in [5, 5.41) is 12.8. The quantitative estimate of drug-likeness (QED) is 0.868. The van der Waals surface area contributed by atoms with Crippen LogP contribution in [0.25, 0.3) is 0 Å². The summed E-state index contributed by atoms with van der Waals surface area (Å²) in [6.45, 7) is 0.00178. The molecule has 0 spiro atoms. The normalized spacial score (nSPS) is 12.1. The molecule has 2 rings (SSSR count). The molecule has 0 bridgehead atoms. The fourth-order valence-electron chi connectivity index (χ4n) is 1.67. The third-order valence-corrected chi connectivity index (χ3v) is 2.82. The summed E-state index contributed by atoms with van der Waals surface area (Å²) in [4.78, 5) is 8.02. The average Bonchev–Trinajstić information content (AvgIpc) is 2.41. The molecular weight excluding hydrogens is 250 g/mol. The number of hydrogen-bond acceptors (Lipinski definition) is 4. The predicted molar refractivity (Wildman–Crippen MR) is 71.7 cm³/mol. The van der Waals surface area contributed by atoms with Gasteiger partial charge >= 0.3 is 0 Å². The first-order valence-electron chi connectivity index (χ1n) is 5.67. The first-order valence-corrected chi connectivity index (χ1v) is 6.05. The molecule has 0 aliphatic carbocycles. The molecule has 1 aromatic carbocycles. The van der Waals surface area contributed by atoms with E-state index in [1.807, 2.05) is 30.3 Å². The van der Waals surface area contributed by atoms with Gasteiger partial charge in [0.25, 0.3) is 0 Å². The lowest BCUT2D eigenvalue weighted by molar-refractivity contribution is 0.273. The molecule has 2 N–H and O–H groups in total. The van der Waals surface area contributed by atoms with E-state index in [0.29, 0.717) is 17.4 Å². The maximum Gasteiger partial charge on any atom is 0.171 e. The molecule has 0 amide bonds. The van der Waals surface area contributed by atoms with Crippen molar-refractivity contribution >= 4 is 17.4 Å². The van der Waals surface area contributed by atoms with Crippen LogP contribution in [0.3, 0.4) is 0 Å². The van der Waals surface area contributed by atoms with Gasteiger partial charge in [-0.05, 0) is 12.0 Å². The number of benzene rings is 1. The Balaban J connectivity index is 2.04. The topological polar surface area (TPSA) is 58.0 Å². The second kappa shape index (κ2) is 6.33. The van der Waals surface area contributed by atoms with Crippen molar-refractivity contribution in [3.8, 4) is 0 Å². The van der Waals surface area contributed by atoms with Crippen molar-refractivity contribution in [2.45, 2.75) is 12.5 Å². The minimum Gasteiger partial charge on any atom is -0.394 e. The minimum atomic E-state index is -0.137. The standard InChI is InChI=1S/C13H14ClN3O/c14-12-13(16-7-6-15-12)17-11(9-18)8-10-4-2-1-3-5-10/h1-7,11,18H,8-9H2,(H,16,17). The molecule has 1 heterocycles. The van der Waals surface area contributed by atoms with Crippen LogP contribution in [-0.2, 0) is 6.42 Å². The molecule has 5 heteroatoms. The largest absolute Gasteiger partial charge is 0.394 e. The fourth-order valence-corrected chi connectivity index (χ4v) is 1.83. The highest BCUT2D eigenvalue weighted by atomic mass is 35.5. The first-order chi connectivity index (χ1) is 8.79. The van der Waals surface area contributed by atoms with Gasteiger partial charge in [0.15, 0.2) is 11.0 Å². The minimum absolute atomic E-state index is 0.00178. The molecule has 1 atom stereocenters. The lowest BCUT2D eigenvalue weighted by Crippen LogP contribution is -2.27. The van der Waals surface area contributed by atoms with Gasteiger partial charge in [0.1, 0.15) is 0 Å². The van der Waals surface area contributed by atoms with E-state index in [2.05, 4.69) is 15.3 Å². The smallest absolute Gasteiger partial charge is 0.171 e. The van der Waals surface area contributed by atoms with Crippen molar-refractivity contribution in [2.24, 2.45) is 0 Å². The van der Waals surface area contributed by atoms with Gasteiger partial charge in [0, 0.05) is 12.4 Å². The maximum atomic E-state index is 9.39. The number of hydrogen-bond donors (Lipinski definition) is 2. The molecule has 0 fully saturated rings. The Morgan fingerprint density at radius 1 is 1.17 bits per heavy atom. The van der Waals surface area contributed by atoms with E-state index >= 15 is 0 Å². The van der Waals surface area contributed by atoms with E-state index in [9.17, 15) is 5.11 Å². The molecule has 0 saturated heterocycles. The number of halogens is 1. The highest BCUT2D eigenvalue weighted by Crippen LogP contribution is 2.16. The molecule has 0 aliphatic heterocycles. The number of nitrogens with zero attached hydrogens (tertiary/aromatic N) is 2. The third kappa shape index (κ3) is 3.42. The molecule has 0 radical (unpaired) electrons. The number of anilines is 1. The zero-order valence-corrected chi connectivity index (χ0v) is 10.5. The van der Waals surface area contributed by atoms with E-state index in [1.54, 1.807) is 6.20 Å². The molecule has 0 saturated carbocycles. The summed E-state index contributed by atoms with van der Waals surface area (Å²) in [5.41, 5.74) is 1.14. The zero-order valence-electron chi connectivity index (χ0n) is 9.75. The van der Waals surface area contributed by atoms with Crippen molar-refractivity contribution in [1.82, 2.24) is 9.97 Å². The Bertz CT molecular complexity index is 493. The van der Waals surface area contributed by atoms with Crippen molar-refractivity contribution < 1.29 is 5.11 Å². The Labute approximate surface area is 111 Å². The number of nitrogens with one attached hydrogen (secondary N) is 1. The van der Waals surface area contributed by atoms with Crippen LogP contribution >= 0.6 is 11.6 Å². The van der Waals surface area contributed by atoms with Crippen LogP contribution in [-0.4, -0.2) is 27.7 Å². The fraction of sp³-hybridized carbons (Fsp3) is 0.231. The summed E-state index contributed by atoms with van der Waals surface area (Å²) >= 11 is 5.91. The molecule has 18 heavy (non-hydrogen) atoms. The first kappa shape index (κ1) is 12.8. The van der Waals surface area contributed by atoms with E-state index in [1.165, 1.54) is 6.20 Å². The zero-order chi connectivity index (χ0) is 12.8. The van der Waals surface area contributed by atoms with Crippen molar-refractivity contribution in [1.29, 1.82) is 0 Å². The second-order valence-corrected chi connectivity index (χ2v) is 4.27. The molecule has 4 nitrogen and oxygen atoms in total. The van der Waals surface area contributed by atoms with Crippen LogP contribution in [0.4, 0.5) is 5.82 Å². The number of rotatable bonds is 5. The van der Waals surface area contributed by atoms with Gasteiger partial charge in [-0.15, -0.1) is 0 Å². The highest BCUT2D eigenvalue weighted by Gasteiger charge is 2.11. The van der Waals surface area contributed by atoms with Crippen molar-refractivity contribution in [3.05, 3.63) is 53.4 Å². The molecule has 2 aromatic rings. The van der Waals surface area contributed by atoms with Gasteiger partial charge < -0.3 is 10.4 Å². The van der Waals surface area contributed by atoms with Gasteiger partial charge in [-0.2, -0.15) is 0 Å². The molecular formula is C13H14ClN3O. The van der Waals surface area contributed by atoms with E-state index in [0.717, 1.165) is 5.56 Å². The second-order valence-electron chi connectivity index (χ2n) is 3.91. The Morgan fingerprint density at radius 3 is 2.56 bits per heavy atom. The van der Waals surface area contributed by atoms with Gasteiger partial charge in [0.2, 0.25) is 0 Å². The lowest BCUT2D eigenvalue weighted by Gasteiger charge is -2.17. The van der Waals surface area contributed by atoms with Gasteiger partial charge in [0.05, 0.1) is 12.6 Å². The Kier molecular flexibility index (Phi) is 4.50. The summed E-state index contributed by atoms with van der Waals surface area (Å²) in [6.07, 6.45) is 3.79. The summed E-state index contributed by atoms with van der Waals surface area (Å²) in [6, 6.07) is 9.80. The summed E-state index contributed by atoms with van der Waals surface area (Å²) in [5.74, 6) is 0.495. The monoisotopic (exact) mass is 263 g/mol. The van der Waals surface area contributed by atoms with Crippen LogP contribution in [0.1, 0.15) is 5.56 Å². The summed E-state index contributed by atoms with van der Waals surface area (Å²) in [7, 11) is 0. The van der Waals surface area contributed by atoms with E-state index in [-0.39, 0.29) is 12.6 Å². The van der Waals surface area contributed by atoms with Crippen LogP contribution in [0.15, 0.2) is 42.7 Å². The van der Waals surface area contributed by atoms with Crippen LogP contribution in [0.5, 0.6) is 0 Å². The Hall–Kier alpha value is -1.65. The lowest BCUT2D eigenvalue weighted by atomic mass is 10.1. The van der Waals surface area contributed by atoms with Crippen LogP contribution in [0.2, 0.25) is 5.15 Å². The molecule has 1 aromatic heterocycles. The van der Waals surface area contributed by atoms with Crippen LogP contribution in [0, 0.1) is 0 Å². The third-order valence-electron chi connectivity index (χ3n) is 2.54. The number of aliphatic hydroxyl groups excluding tert-OH is 1.